The van der Waals surface area contributed by atoms with Crippen molar-refractivity contribution in [3.05, 3.63) is 11.6 Å². The van der Waals surface area contributed by atoms with Crippen molar-refractivity contribution in [3.63, 3.8) is 0 Å². The fraction of sp³-hybridized carbons (Fsp3) is 0.919. The van der Waals surface area contributed by atoms with E-state index in [1.54, 1.807) is 4.90 Å². The third-order valence-corrected chi connectivity index (χ3v) is 15.0. The number of carbonyl (C=O) groups is 1. The van der Waals surface area contributed by atoms with Crippen molar-refractivity contribution in [1.82, 2.24) is 4.90 Å². The van der Waals surface area contributed by atoms with Gasteiger partial charge in [-0.05, 0) is 125 Å². The number of allylic oxidation sites excluding steroid dienone is 1. The lowest BCUT2D eigenvalue weighted by atomic mass is 9.42. The monoisotopic (exact) mass is 629 g/mol. The molecular weight excluding hydrogens is 570 g/mol. The van der Waals surface area contributed by atoms with Crippen molar-refractivity contribution < 1.29 is 34.0 Å². The number of ether oxygens (including phenoxy) is 4. The number of amides is 1. The molecule has 2 aliphatic heterocycles. The Morgan fingerprint density at radius 3 is 2.53 bits per heavy atom. The van der Waals surface area contributed by atoms with Gasteiger partial charge < -0.3 is 34.1 Å². The Morgan fingerprint density at radius 2 is 1.87 bits per heavy atom. The molecule has 45 heavy (non-hydrogen) atoms. The van der Waals surface area contributed by atoms with Gasteiger partial charge in [-0.2, -0.15) is 0 Å². The van der Waals surface area contributed by atoms with Gasteiger partial charge in [0.1, 0.15) is 12.2 Å². The standard InChI is InChI=1S/C37H59NO7/c1-8-23-24-10-11-27-35(7)30(39)29-28(22(3)20-26(44-29)31(43-9-2)33(4,5)41)34(35,6)14-15-37(27)21-36(24,37)13-12-25(23)45-32(40)38-16-18-42-19-17-38/h8,22,24-31,39,41H,9-21H2,1-7H3/b23-8+/t22-,24+,25?,26?,27?,28?,29?,30+,31?,34?,35-,36?,37?/m1/s1. The van der Waals surface area contributed by atoms with E-state index in [2.05, 4.69) is 33.8 Å². The van der Waals surface area contributed by atoms with Crippen molar-refractivity contribution >= 4 is 6.09 Å². The first-order chi connectivity index (χ1) is 21.3. The summed E-state index contributed by atoms with van der Waals surface area (Å²) in [5.41, 5.74) is 0.524. The first kappa shape index (κ1) is 32.4. The quantitative estimate of drug-likeness (QED) is 0.375. The van der Waals surface area contributed by atoms with Gasteiger partial charge in [0, 0.05) is 25.1 Å². The SMILES string of the molecule is C/C=C1/C(OC(=O)N2CCOCC2)CCC23CC24CCC2(C)C5C(OC(C(OCC)C(C)(C)O)C[C@H]5C)[C@H](O)[C@@]2(C)C4CC[C@@H]13. The van der Waals surface area contributed by atoms with Crippen LogP contribution in [0.2, 0.25) is 0 Å². The van der Waals surface area contributed by atoms with Crippen LogP contribution in [0.15, 0.2) is 11.6 Å². The highest BCUT2D eigenvalue weighted by Crippen LogP contribution is 2.88. The first-order valence-corrected chi connectivity index (χ1v) is 18.2. The number of aliphatic hydroxyl groups is 2. The summed E-state index contributed by atoms with van der Waals surface area (Å²) in [5, 5.41) is 23.5. The average Bonchev–Trinajstić information content (AvgIpc) is 3.64. The van der Waals surface area contributed by atoms with Crippen LogP contribution in [0.3, 0.4) is 0 Å². The van der Waals surface area contributed by atoms with Crippen LogP contribution in [0.4, 0.5) is 4.79 Å². The summed E-state index contributed by atoms with van der Waals surface area (Å²) >= 11 is 0. The molecule has 8 nitrogen and oxygen atoms in total. The zero-order valence-corrected chi connectivity index (χ0v) is 28.8. The minimum absolute atomic E-state index is 0.0157. The third kappa shape index (κ3) is 4.36. The van der Waals surface area contributed by atoms with Crippen LogP contribution in [0.5, 0.6) is 0 Å². The van der Waals surface area contributed by atoms with Crippen LogP contribution in [0, 0.1) is 45.3 Å². The van der Waals surface area contributed by atoms with Gasteiger partial charge in [0.15, 0.2) is 0 Å². The second kappa shape index (κ2) is 10.9. The Kier molecular flexibility index (Phi) is 7.85. The highest BCUT2D eigenvalue weighted by molar-refractivity contribution is 5.68. The Labute approximate surface area is 270 Å². The molecule has 0 aromatic carbocycles. The molecular formula is C37H59NO7. The third-order valence-electron chi connectivity index (χ3n) is 15.0. The second-order valence-corrected chi connectivity index (χ2v) is 17.0. The lowest BCUT2D eigenvalue weighted by molar-refractivity contribution is -0.215. The van der Waals surface area contributed by atoms with E-state index in [-0.39, 0.29) is 52.0 Å². The topological polar surface area (TPSA) is 97.7 Å². The lowest BCUT2D eigenvalue weighted by Crippen LogP contribution is -2.58. The summed E-state index contributed by atoms with van der Waals surface area (Å²) in [6, 6.07) is 0. The Morgan fingerprint density at radius 1 is 1.13 bits per heavy atom. The molecule has 0 bridgehead atoms. The van der Waals surface area contributed by atoms with E-state index in [1.807, 2.05) is 20.8 Å². The van der Waals surface area contributed by atoms with Crippen LogP contribution >= 0.6 is 0 Å². The molecule has 5 saturated carbocycles. The average molecular weight is 630 g/mol. The fourth-order valence-electron chi connectivity index (χ4n) is 13.1. The van der Waals surface area contributed by atoms with Crippen molar-refractivity contribution in [3.8, 4) is 0 Å². The summed E-state index contributed by atoms with van der Waals surface area (Å²) in [6.07, 6.45) is 9.03. The predicted molar refractivity (Wildman–Crippen MR) is 170 cm³/mol. The van der Waals surface area contributed by atoms with Crippen LogP contribution in [-0.4, -0.2) is 90.2 Å². The molecule has 2 spiro atoms. The van der Waals surface area contributed by atoms with E-state index < -0.39 is 17.8 Å². The van der Waals surface area contributed by atoms with Crippen LogP contribution in [0.1, 0.15) is 99.8 Å². The van der Waals surface area contributed by atoms with Crippen molar-refractivity contribution in [2.24, 2.45) is 45.3 Å². The number of hydrogen-bond acceptors (Lipinski definition) is 7. The number of aliphatic hydroxyl groups excluding tert-OH is 1. The van der Waals surface area contributed by atoms with E-state index in [0.717, 1.165) is 38.5 Å². The molecule has 0 radical (unpaired) electrons. The lowest BCUT2D eigenvalue weighted by Gasteiger charge is -2.62. The number of rotatable bonds is 5. The maximum Gasteiger partial charge on any atom is 0.410 e. The van der Waals surface area contributed by atoms with E-state index in [9.17, 15) is 15.0 Å². The summed E-state index contributed by atoms with van der Waals surface area (Å²) in [7, 11) is 0. The highest BCUT2D eigenvalue weighted by Gasteiger charge is 2.84. The molecule has 5 aliphatic carbocycles. The second-order valence-electron chi connectivity index (χ2n) is 17.0. The fourth-order valence-corrected chi connectivity index (χ4v) is 13.1. The molecule has 7 aliphatic rings. The van der Waals surface area contributed by atoms with Gasteiger partial charge in [-0.15, -0.1) is 0 Å². The van der Waals surface area contributed by atoms with Gasteiger partial charge in [0.2, 0.25) is 0 Å². The molecule has 7 fully saturated rings. The van der Waals surface area contributed by atoms with Gasteiger partial charge in [0.25, 0.3) is 0 Å². The molecule has 2 N–H and O–H groups in total. The summed E-state index contributed by atoms with van der Waals surface area (Å²) in [6.45, 7) is 17.8. The van der Waals surface area contributed by atoms with E-state index in [0.29, 0.717) is 50.7 Å². The summed E-state index contributed by atoms with van der Waals surface area (Å²) < 4.78 is 24.7. The molecule has 8 heteroatoms. The van der Waals surface area contributed by atoms with Gasteiger partial charge in [0.05, 0.1) is 37.1 Å². The minimum Gasteiger partial charge on any atom is -0.442 e. The van der Waals surface area contributed by atoms with Crippen molar-refractivity contribution in [1.29, 1.82) is 0 Å². The van der Waals surface area contributed by atoms with Crippen LogP contribution in [-0.2, 0) is 18.9 Å². The maximum atomic E-state index is 13.1. The number of morpholine rings is 1. The van der Waals surface area contributed by atoms with E-state index >= 15 is 0 Å². The van der Waals surface area contributed by atoms with Gasteiger partial charge >= 0.3 is 6.09 Å². The molecule has 254 valence electrons. The zero-order chi connectivity index (χ0) is 32.2. The molecule has 13 atom stereocenters. The van der Waals surface area contributed by atoms with Crippen LogP contribution < -0.4 is 0 Å². The Balaban J connectivity index is 1.14. The van der Waals surface area contributed by atoms with Crippen molar-refractivity contribution in [2.45, 2.75) is 136 Å². The minimum atomic E-state index is -1.03. The Bertz CT molecular complexity index is 1190. The number of carbonyl (C=O) groups excluding carboxylic acids is 1. The molecule has 1 amide bonds. The number of fused-ring (bicyclic) bond motifs is 4. The largest absolute Gasteiger partial charge is 0.442 e. The van der Waals surface area contributed by atoms with Gasteiger partial charge in [-0.25, -0.2) is 4.79 Å². The Hall–Kier alpha value is -1.19. The van der Waals surface area contributed by atoms with E-state index in [4.69, 9.17) is 18.9 Å². The molecule has 2 saturated heterocycles. The summed E-state index contributed by atoms with van der Waals surface area (Å²) in [4.78, 5) is 14.9. The predicted octanol–water partition coefficient (Wildman–Crippen LogP) is 5.73. The van der Waals surface area contributed by atoms with E-state index in [1.165, 1.54) is 18.4 Å². The van der Waals surface area contributed by atoms with Gasteiger partial charge in [-0.1, -0.05) is 26.8 Å². The zero-order valence-electron chi connectivity index (χ0n) is 28.8. The number of nitrogens with zero attached hydrogens (tertiary/aromatic N) is 1. The molecule has 0 aromatic heterocycles. The van der Waals surface area contributed by atoms with Crippen molar-refractivity contribution in [2.75, 3.05) is 32.9 Å². The van der Waals surface area contributed by atoms with Crippen LogP contribution in [0.25, 0.3) is 0 Å². The highest BCUT2D eigenvalue weighted by atomic mass is 16.6. The molecule has 9 unspecified atom stereocenters. The molecule has 7 rings (SSSR count). The normalized spacial score (nSPS) is 50.5. The van der Waals surface area contributed by atoms with Gasteiger partial charge in [-0.3, -0.25) is 0 Å². The maximum absolute atomic E-state index is 13.1. The summed E-state index contributed by atoms with van der Waals surface area (Å²) in [5.74, 6) is 1.54. The smallest absolute Gasteiger partial charge is 0.410 e. The molecule has 2 heterocycles. The molecule has 0 aromatic rings. The first-order valence-electron chi connectivity index (χ1n) is 18.2. The number of hydrogen-bond donors (Lipinski definition) is 2.